The van der Waals surface area contributed by atoms with E-state index in [1.807, 2.05) is 13.0 Å². The predicted octanol–water partition coefficient (Wildman–Crippen LogP) is 1.77. The van der Waals surface area contributed by atoms with Gasteiger partial charge in [-0.1, -0.05) is 0 Å². The average molecular weight is 312 g/mol. The summed E-state index contributed by atoms with van der Waals surface area (Å²) < 4.78 is 34.4. The van der Waals surface area contributed by atoms with Crippen LogP contribution in [0.3, 0.4) is 0 Å². The van der Waals surface area contributed by atoms with E-state index in [9.17, 15) is 8.42 Å². The highest BCUT2D eigenvalue weighted by Gasteiger charge is 2.22. The van der Waals surface area contributed by atoms with Gasteiger partial charge in [0.1, 0.15) is 11.5 Å². The van der Waals surface area contributed by atoms with Crippen LogP contribution in [0.25, 0.3) is 0 Å². The number of aliphatic hydroxyl groups is 1. The van der Waals surface area contributed by atoms with Crippen molar-refractivity contribution in [2.45, 2.75) is 38.3 Å². The maximum absolute atomic E-state index is 12.4. The maximum Gasteiger partial charge on any atom is 0.242 e. The van der Waals surface area contributed by atoms with E-state index in [-0.39, 0.29) is 11.5 Å². The van der Waals surface area contributed by atoms with Crippen LogP contribution in [0.1, 0.15) is 35.7 Å². The number of sulfonamides is 1. The lowest BCUT2D eigenvalue weighted by Crippen LogP contribution is -2.26. The highest BCUT2D eigenvalue weighted by molar-refractivity contribution is 7.89. The van der Waals surface area contributed by atoms with Gasteiger partial charge in [0.15, 0.2) is 0 Å². The largest absolute Gasteiger partial charge is 0.466 e. The molecule has 2 N–H and O–H groups in total. The molecule has 2 heterocycles. The summed E-state index contributed by atoms with van der Waals surface area (Å²) in [5.41, 5.74) is 1.35. The quantitative estimate of drug-likeness (QED) is 0.881. The minimum absolute atomic E-state index is 0.138. The van der Waals surface area contributed by atoms with Crippen LogP contribution in [0, 0.1) is 13.8 Å². The summed E-state index contributed by atoms with van der Waals surface area (Å²) >= 11 is 0. The predicted molar refractivity (Wildman–Crippen MR) is 78.3 cm³/mol. The molecule has 1 atom stereocenters. The van der Waals surface area contributed by atoms with Crippen LogP contribution in [0.5, 0.6) is 0 Å². The van der Waals surface area contributed by atoms with Crippen molar-refractivity contribution in [2.24, 2.45) is 7.05 Å². The molecule has 0 bridgehead atoms. The van der Waals surface area contributed by atoms with Crippen molar-refractivity contribution in [3.8, 4) is 0 Å². The van der Waals surface area contributed by atoms with Gasteiger partial charge in [0.05, 0.1) is 11.5 Å². The van der Waals surface area contributed by atoms with E-state index < -0.39 is 16.1 Å². The summed E-state index contributed by atoms with van der Waals surface area (Å²) in [6.07, 6.45) is 1.48. The highest BCUT2D eigenvalue weighted by atomic mass is 32.2. The Kier molecular flexibility index (Phi) is 4.27. The topological polar surface area (TPSA) is 84.5 Å². The molecule has 6 nitrogen and oxygen atoms in total. The lowest BCUT2D eigenvalue weighted by Gasteiger charge is -2.12. The molecular weight excluding hydrogens is 292 g/mol. The van der Waals surface area contributed by atoms with E-state index in [0.717, 1.165) is 11.3 Å². The van der Waals surface area contributed by atoms with Gasteiger partial charge in [-0.25, -0.2) is 13.1 Å². The van der Waals surface area contributed by atoms with Crippen molar-refractivity contribution < 1.29 is 17.9 Å². The molecule has 1 unspecified atom stereocenters. The fourth-order valence-corrected chi connectivity index (χ4v) is 3.64. The van der Waals surface area contributed by atoms with Gasteiger partial charge in [-0.05, 0) is 32.9 Å². The second-order valence-electron chi connectivity index (χ2n) is 5.15. The molecular formula is C14H20N2O4S. The molecule has 0 saturated heterocycles. The molecule has 0 saturated carbocycles. The van der Waals surface area contributed by atoms with Gasteiger partial charge in [-0.3, -0.25) is 0 Å². The molecule has 2 rings (SSSR count). The summed E-state index contributed by atoms with van der Waals surface area (Å²) in [5.74, 6) is 1.45. The Balaban J connectivity index is 2.26. The summed E-state index contributed by atoms with van der Waals surface area (Å²) in [6.45, 7) is 5.19. The van der Waals surface area contributed by atoms with E-state index >= 15 is 0 Å². The molecule has 0 amide bonds. The highest BCUT2D eigenvalue weighted by Crippen LogP contribution is 2.23. The Hall–Kier alpha value is -1.57. The van der Waals surface area contributed by atoms with E-state index in [2.05, 4.69) is 4.72 Å². The molecule has 0 spiro atoms. The van der Waals surface area contributed by atoms with Gasteiger partial charge in [0.25, 0.3) is 0 Å². The van der Waals surface area contributed by atoms with Crippen molar-refractivity contribution in [3.63, 3.8) is 0 Å². The fourth-order valence-electron chi connectivity index (χ4n) is 2.33. The minimum atomic E-state index is -3.65. The smallest absolute Gasteiger partial charge is 0.242 e. The van der Waals surface area contributed by atoms with Gasteiger partial charge in [0, 0.05) is 30.5 Å². The van der Waals surface area contributed by atoms with E-state index in [1.54, 1.807) is 25.5 Å². The minimum Gasteiger partial charge on any atom is -0.466 e. The van der Waals surface area contributed by atoms with Crippen LogP contribution in [0.15, 0.2) is 27.6 Å². The first-order valence-corrected chi connectivity index (χ1v) is 8.08. The molecule has 0 aliphatic carbocycles. The Morgan fingerprint density at radius 3 is 2.52 bits per heavy atom. The van der Waals surface area contributed by atoms with Gasteiger partial charge in [0.2, 0.25) is 10.0 Å². The van der Waals surface area contributed by atoms with E-state index in [1.165, 1.54) is 12.3 Å². The lowest BCUT2D eigenvalue weighted by atomic mass is 10.1. The zero-order chi connectivity index (χ0) is 15.8. The van der Waals surface area contributed by atoms with Gasteiger partial charge >= 0.3 is 0 Å². The molecule has 2 aromatic heterocycles. The number of aromatic nitrogens is 1. The second-order valence-corrected chi connectivity index (χ2v) is 6.86. The van der Waals surface area contributed by atoms with Crippen LogP contribution in [-0.4, -0.2) is 18.1 Å². The number of nitrogens with zero attached hydrogens (tertiary/aromatic N) is 1. The van der Waals surface area contributed by atoms with Crippen LogP contribution < -0.4 is 4.72 Å². The van der Waals surface area contributed by atoms with Crippen molar-refractivity contribution in [1.29, 1.82) is 0 Å². The zero-order valence-corrected chi connectivity index (χ0v) is 13.4. The lowest BCUT2D eigenvalue weighted by molar-refractivity contribution is 0.272. The third-order valence-corrected chi connectivity index (χ3v) is 4.94. The number of aliphatic hydroxyl groups excluding tert-OH is 1. The van der Waals surface area contributed by atoms with Crippen molar-refractivity contribution in [2.75, 3.05) is 0 Å². The third-order valence-electron chi connectivity index (χ3n) is 3.43. The van der Waals surface area contributed by atoms with E-state index in [4.69, 9.17) is 9.52 Å². The zero-order valence-electron chi connectivity index (χ0n) is 12.5. The SMILES string of the molecule is Cc1cc(C(C)NS(=O)(=O)c2cc(CO)n(C)c2)c(C)o1. The second kappa shape index (κ2) is 5.67. The van der Waals surface area contributed by atoms with E-state index in [0.29, 0.717) is 11.5 Å². The number of hydrogen-bond acceptors (Lipinski definition) is 4. The molecule has 0 radical (unpaired) electrons. The van der Waals surface area contributed by atoms with Crippen LogP contribution >= 0.6 is 0 Å². The Bertz CT molecular complexity index is 743. The normalized spacial score (nSPS) is 13.6. The van der Waals surface area contributed by atoms with Crippen molar-refractivity contribution in [1.82, 2.24) is 9.29 Å². The Morgan fingerprint density at radius 2 is 2.05 bits per heavy atom. The van der Waals surface area contributed by atoms with Gasteiger partial charge < -0.3 is 14.1 Å². The first-order chi connectivity index (χ1) is 9.74. The van der Waals surface area contributed by atoms with Crippen molar-refractivity contribution in [3.05, 3.63) is 41.1 Å². The number of furan rings is 1. The number of aryl methyl sites for hydroxylation is 3. The third kappa shape index (κ3) is 3.20. The Morgan fingerprint density at radius 1 is 1.38 bits per heavy atom. The average Bonchev–Trinajstić information content (AvgIpc) is 2.91. The molecule has 0 aliphatic heterocycles. The summed E-state index contributed by atoms with van der Waals surface area (Å²) in [7, 11) is -1.96. The maximum atomic E-state index is 12.4. The first kappa shape index (κ1) is 15.8. The molecule has 2 aromatic rings. The molecule has 0 aromatic carbocycles. The monoisotopic (exact) mass is 312 g/mol. The molecule has 7 heteroatoms. The van der Waals surface area contributed by atoms with Gasteiger partial charge in [-0.2, -0.15) is 0 Å². The number of hydrogen-bond donors (Lipinski definition) is 2. The van der Waals surface area contributed by atoms with Crippen LogP contribution in [0.2, 0.25) is 0 Å². The summed E-state index contributed by atoms with van der Waals surface area (Å²) in [5, 5.41) is 9.15. The summed E-state index contributed by atoms with van der Waals surface area (Å²) in [6, 6.07) is 2.89. The summed E-state index contributed by atoms with van der Waals surface area (Å²) in [4.78, 5) is 0.138. The molecule has 0 aliphatic rings. The standard InChI is InChI=1S/C14H20N2O4S/c1-9-5-14(11(3)20-9)10(2)15-21(18,19)13-6-12(8-17)16(4)7-13/h5-7,10,15,17H,8H2,1-4H3. The van der Waals surface area contributed by atoms with Gasteiger partial charge in [-0.15, -0.1) is 0 Å². The molecule has 0 fully saturated rings. The molecule has 116 valence electrons. The molecule has 21 heavy (non-hydrogen) atoms. The first-order valence-electron chi connectivity index (χ1n) is 6.60. The number of rotatable bonds is 5. The fraction of sp³-hybridized carbons (Fsp3) is 0.429. The van der Waals surface area contributed by atoms with Crippen molar-refractivity contribution >= 4 is 10.0 Å². The van der Waals surface area contributed by atoms with Crippen LogP contribution in [-0.2, 0) is 23.7 Å². The Labute approximate surface area is 124 Å². The van der Waals surface area contributed by atoms with Crippen LogP contribution in [0.4, 0.5) is 0 Å². The number of nitrogens with one attached hydrogen (secondary N) is 1.